The topological polar surface area (TPSA) is 86.5 Å². The van der Waals surface area contributed by atoms with Gasteiger partial charge in [-0.25, -0.2) is 14.6 Å². The molecule has 0 fully saturated rings. The quantitative estimate of drug-likeness (QED) is 0.218. The lowest BCUT2D eigenvalue weighted by Gasteiger charge is -2.30. The molecule has 4 heterocycles. The van der Waals surface area contributed by atoms with Gasteiger partial charge in [0, 0.05) is 42.2 Å². The summed E-state index contributed by atoms with van der Waals surface area (Å²) in [6.45, 7) is 6.16. The number of carbonyl (C=O) groups excluding carboxylic acids is 2. The van der Waals surface area contributed by atoms with Gasteiger partial charge in [-0.15, -0.1) is 0 Å². The van der Waals surface area contributed by atoms with Gasteiger partial charge in [-0.2, -0.15) is 0 Å². The molecule has 8 heteroatoms. The van der Waals surface area contributed by atoms with Crippen molar-refractivity contribution in [2.75, 3.05) is 18.6 Å². The molecule has 1 amide bonds. The SMILES string of the molecule is COC(=O)/C=C(\c1cccnc1)n1ccc2c(/C=C/c3ccc4c(n3)N(C(=O)OC(C)(C)C)CCC4)cccc21. The van der Waals surface area contributed by atoms with Crippen molar-refractivity contribution in [1.29, 1.82) is 0 Å². The van der Waals surface area contributed by atoms with Crippen LogP contribution in [-0.2, 0) is 20.7 Å². The lowest BCUT2D eigenvalue weighted by Crippen LogP contribution is -2.40. The summed E-state index contributed by atoms with van der Waals surface area (Å²) in [5.74, 6) is 0.205. The van der Waals surface area contributed by atoms with Crippen molar-refractivity contribution >= 4 is 46.6 Å². The minimum absolute atomic E-state index is 0.377. The summed E-state index contributed by atoms with van der Waals surface area (Å²) in [5.41, 5.74) is 4.57. The summed E-state index contributed by atoms with van der Waals surface area (Å²) in [5, 5.41) is 1.01. The molecule has 1 aliphatic rings. The van der Waals surface area contributed by atoms with Crippen molar-refractivity contribution in [1.82, 2.24) is 14.5 Å². The van der Waals surface area contributed by atoms with Gasteiger partial charge in [0.2, 0.25) is 0 Å². The third kappa shape index (κ3) is 5.81. The molecule has 0 saturated carbocycles. The predicted octanol–water partition coefficient (Wildman–Crippen LogP) is 6.35. The average molecular weight is 537 g/mol. The van der Waals surface area contributed by atoms with Crippen LogP contribution >= 0.6 is 0 Å². The monoisotopic (exact) mass is 536 g/mol. The van der Waals surface area contributed by atoms with Gasteiger partial charge in [-0.1, -0.05) is 24.3 Å². The van der Waals surface area contributed by atoms with E-state index < -0.39 is 11.6 Å². The fourth-order valence-electron chi connectivity index (χ4n) is 4.74. The molecule has 8 nitrogen and oxygen atoms in total. The molecule has 0 N–H and O–H groups in total. The zero-order chi connectivity index (χ0) is 28.3. The standard InChI is InChI=1S/C32H32N4O4/c1-32(2,3)40-31(38)36-18-7-10-23-13-15-25(34-30(23)36)14-12-22-8-5-11-27-26(22)16-19-35(27)28(20-29(37)39-4)24-9-6-17-33-21-24/h5-6,8-9,11-17,19-21H,7,10,18H2,1-4H3/b14-12+,28-20+. The van der Waals surface area contributed by atoms with Crippen LogP contribution in [0.25, 0.3) is 28.8 Å². The Bertz CT molecular complexity index is 1610. The first kappa shape index (κ1) is 26.9. The molecule has 4 aromatic rings. The number of pyridine rings is 2. The zero-order valence-electron chi connectivity index (χ0n) is 23.1. The summed E-state index contributed by atoms with van der Waals surface area (Å²) in [6.07, 6.45) is 12.1. The molecule has 0 bridgehead atoms. The van der Waals surface area contributed by atoms with E-state index in [1.54, 1.807) is 17.3 Å². The molecule has 0 spiro atoms. The normalized spacial score (nSPS) is 13.9. The lowest BCUT2D eigenvalue weighted by molar-refractivity contribution is -0.134. The maximum absolute atomic E-state index is 12.9. The van der Waals surface area contributed by atoms with Crippen LogP contribution in [0.3, 0.4) is 0 Å². The first-order valence-electron chi connectivity index (χ1n) is 13.2. The van der Waals surface area contributed by atoms with Gasteiger partial charge < -0.3 is 14.0 Å². The van der Waals surface area contributed by atoms with Crippen LogP contribution < -0.4 is 4.90 Å². The number of amides is 1. The highest BCUT2D eigenvalue weighted by atomic mass is 16.6. The van der Waals surface area contributed by atoms with Crippen molar-refractivity contribution in [3.05, 3.63) is 95.6 Å². The minimum atomic E-state index is -0.579. The summed E-state index contributed by atoms with van der Waals surface area (Å²) >= 11 is 0. The Morgan fingerprint density at radius 2 is 1.88 bits per heavy atom. The Hall–Kier alpha value is -4.72. The summed E-state index contributed by atoms with van der Waals surface area (Å²) in [6, 6.07) is 15.8. The Morgan fingerprint density at radius 1 is 1.02 bits per heavy atom. The van der Waals surface area contributed by atoms with Crippen LogP contribution in [0.15, 0.2) is 73.2 Å². The van der Waals surface area contributed by atoms with Gasteiger partial charge >= 0.3 is 12.1 Å². The van der Waals surface area contributed by atoms with E-state index in [9.17, 15) is 9.59 Å². The highest BCUT2D eigenvalue weighted by molar-refractivity contribution is 5.97. The number of carbonyl (C=O) groups is 2. The Morgan fingerprint density at radius 3 is 2.62 bits per heavy atom. The van der Waals surface area contributed by atoms with Gasteiger partial charge in [-0.3, -0.25) is 9.88 Å². The van der Waals surface area contributed by atoms with E-state index >= 15 is 0 Å². The molecular weight excluding hydrogens is 504 g/mol. The fourth-order valence-corrected chi connectivity index (χ4v) is 4.74. The summed E-state index contributed by atoms with van der Waals surface area (Å²) in [7, 11) is 1.36. The van der Waals surface area contributed by atoms with E-state index in [0.29, 0.717) is 18.1 Å². The summed E-state index contributed by atoms with van der Waals surface area (Å²) < 4.78 is 12.5. The van der Waals surface area contributed by atoms with E-state index in [2.05, 4.69) is 4.98 Å². The number of anilines is 1. The number of hydrogen-bond acceptors (Lipinski definition) is 6. The third-order valence-electron chi connectivity index (χ3n) is 6.55. The highest BCUT2D eigenvalue weighted by Crippen LogP contribution is 2.30. The molecule has 0 saturated heterocycles. The molecule has 1 aromatic carbocycles. The van der Waals surface area contributed by atoms with Gasteiger partial charge in [0.1, 0.15) is 11.4 Å². The molecule has 204 valence electrons. The van der Waals surface area contributed by atoms with Crippen LogP contribution in [-0.4, -0.2) is 45.9 Å². The van der Waals surface area contributed by atoms with Crippen LogP contribution in [0.2, 0.25) is 0 Å². The van der Waals surface area contributed by atoms with Crippen molar-refractivity contribution in [2.24, 2.45) is 0 Å². The van der Waals surface area contributed by atoms with Crippen LogP contribution in [0, 0.1) is 0 Å². The molecule has 0 atom stereocenters. The molecule has 0 radical (unpaired) electrons. The fraction of sp³-hybridized carbons (Fsp3) is 0.250. The molecule has 40 heavy (non-hydrogen) atoms. The predicted molar refractivity (Wildman–Crippen MR) is 157 cm³/mol. The maximum atomic E-state index is 12.9. The van der Waals surface area contributed by atoms with Crippen molar-refractivity contribution in [3.8, 4) is 0 Å². The number of ether oxygens (including phenoxy) is 2. The van der Waals surface area contributed by atoms with Gasteiger partial charge in [0.15, 0.2) is 0 Å². The number of esters is 1. The third-order valence-corrected chi connectivity index (χ3v) is 6.55. The number of fused-ring (bicyclic) bond motifs is 2. The summed E-state index contributed by atoms with van der Waals surface area (Å²) in [4.78, 5) is 35.7. The molecule has 1 aliphatic heterocycles. The van der Waals surface area contributed by atoms with E-state index in [1.807, 2.05) is 92.2 Å². The van der Waals surface area contributed by atoms with Crippen molar-refractivity contribution < 1.29 is 19.1 Å². The smallest absolute Gasteiger partial charge is 0.416 e. The van der Waals surface area contributed by atoms with E-state index in [0.717, 1.165) is 46.1 Å². The highest BCUT2D eigenvalue weighted by Gasteiger charge is 2.28. The van der Waals surface area contributed by atoms with Gasteiger partial charge in [-0.05, 0) is 81.1 Å². The van der Waals surface area contributed by atoms with E-state index in [-0.39, 0.29) is 6.09 Å². The molecule has 0 unspecified atom stereocenters. The van der Waals surface area contributed by atoms with Crippen molar-refractivity contribution in [3.63, 3.8) is 0 Å². The number of nitrogens with zero attached hydrogens (tertiary/aromatic N) is 4. The van der Waals surface area contributed by atoms with E-state index in [4.69, 9.17) is 14.5 Å². The first-order chi connectivity index (χ1) is 19.2. The van der Waals surface area contributed by atoms with E-state index in [1.165, 1.54) is 13.2 Å². The lowest BCUT2D eigenvalue weighted by atomic mass is 10.0. The number of rotatable bonds is 5. The second kappa shape index (κ2) is 11.2. The van der Waals surface area contributed by atoms with Crippen LogP contribution in [0.1, 0.15) is 49.6 Å². The molecule has 3 aromatic heterocycles. The molecule has 5 rings (SSSR count). The van der Waals surface area contributed by atoms with Gasteiger partial charge in [0.25, 0.3) is 0 Å². The molecule has 0 aliphatic carbocycles. The number of aryl methyl sites for hydroxylation is 1. The first-order valence-corrected chi connectivity index (χ1v) is 13.2. The van der Waals surface area contributed by atoms with Crippen LogP contribution in [0.5, 0.6) is 0 Å². The second-order valence-electron chi connectivity index (χ2n) is 10.5. The van der Waals surface area contributed by atoms with Crippen LogP contribution in [0.4, 0.5) is 10.6 Å². The Labute approximate surface area is 233 Å². The Balaban J connectivity index is 1.48. The number of benzene rings is 1. The number of methoxy groups -OCH3 is 1. The van der Waals surface area contributed by atoms with Gasteiger partial charge in [0.05, 0.1) is 24.0 Å². The Kier molecular flexibility index (Phi) is 7.51. The average Bonchev–Trinajstić information content (AvgIpc) is 3.38. The van der Waals surface area contributed by atoms with Crippen molar-refractivity contribution in [2.45, 2.75) is 39.2 Å². The molecular formula is C32H32N4O4. The maximum Gasteiger partial charge on any atom is 0.416 e. The largest absolute Gasteiger partial charge is 0.466 e. The number of aromatic nitrogens is 3. The zero-order valence-corrected chi connectivity index (χ0v) is 23.1. The second-order valence-corrected chi connectivity index (χ2v) is 10.5. The minimum Gasteiger partial charge on any atom is -0.466 e. The number of hydrogen-bond donors (Lipinski definition) is 0.